The Morgan fingerprint density at radius 2 is 2.44 bits per heavy atom. The van der Waals surface area contributed by atoms with Crippen LogP contribution in [0, 0.1) is 12.8 Å². The molecule has 90 valence electrons. The molecule has 1 saturated heterocycles. The normalized spacial score (nSPS) is 20.2. The number of thioether (sulfide) groups is 1. The summed E-state index contributed by atoms with van der Waals surface area (Å²) in [5.41, 5.74) is 1.30. The van der Waals surface area contributed by atoms with Gasteiger partial charge in [-0.3, -0.25) is 0 Å². The van der Waals surface area contributed by atoms with E-state index in [1.165, 1.54) is 42.3 Å². The van der Waals surface area contributed by atoms with Gasteiger partial charge in [0.2, 0.25) is 0 Å². The number of hydrogen-bond acceptors (Lipinski definition) is 3. The lowest BCUT2D eigenvalue weighted by Gasteiger charge is -2.21. The molecule has 2 nitrogen and oxygen atoms in total. The molecule has 1 aliphatic rings. The van der Waals surface area contributed by atoms with Crippen LogP contribution in [0.1, 0.15) is 18.4 Å². The number of piperidine rings is 1. The fourth-order valence-corrected chi connectivity index (χ4v) is 2.95. The Morgan fingerprint density at radius 1 is 1.56 bits per heavy atom. The highest BCUT2D eigenvalue weighted by Gasteiger charge is 2.13. The third-order valence-corrected chi connectivity index (χ3v) is 3.91. The summed E-state index contributed by atoms with van der Waals surface area (Å²) in [5, 5.41) is 4.62. The lowest BCUT2D eigenvalue weighted by molar-refractivity contribution is 0.410. The summed E-state index contributed by atoms with van der Waals surface area (Å²) in [5.74, 6) is 2.02. The number of aryl methyl sites for hydroxylation is 1. The maximum Gasteiger partial charge on any atom is 0.0962 e. The van der Waals surface area contributed by atoms with Crippen LogP contribution < -0.4 is 5.32 Å². The topological polar surface area (TPSA) is 24.9 Å². The number of nitrogens with zero attached hydrogens (tertiary/aromatic N) is 1. The summed E-state index contributed by atoms with van der Waals surface area (Å²) in [6, 6.07) is 4.22. The van der Waals surface area contributed by atoms with Crippen LogP contribution in [0.3, 0.4) is 0 Å². The van der Waals surface area contributed by atoms with Crippen molar-refractivity contribution in [3.63, 3.8) is 0 Å². The Labute approximate surface area is 108 Å². The number of aromatic nitrogens is 1. The van der Waals surface area contributed by atoms with Gasteiger partial charge in [0.15, 0.2) is 0 Å². The van der Waals surface area contributed by atoms with Gasteiger partial charge in [-0.1, -0.05) is 0 Å². The molecule has 1 N–H and O–H groups in total. The first-order chi connectivity index (χ1) is 7.34. The fraction of sp³-hybridized carbons (Fsp3) is 0.583. The lowest BCUT2D eigenvalue weighted by Crippen LogP contribution is -2.30. The van der Waals surface area contributed by atoms with Gasteiger partial charge in [0.1, 0.15) is 0 Å². The van der Waals surface area contributed by atoms with Gasteiger partial charge in [0.25, 0.3) is 0 Å². The molecule has 1 atom stereocenters. The maximum absolute atomic E-state index is 4.37. The number of rotatable bonds is 3. The quantitative estimate of drug-likeness (QED) is 0.844. The standard InChI is InChI=1S/C12H18N2S.ClH/c1-10-4-6-14-12(7-10)15-9-11-3-2-5-13-8-11;/h4,6-7,11,13H,2-3,5,8-9H2,1H3;1H. The summed E-state index contributed by atoms with van der Waals surface area (Å²) in [7, 11) is 0. The van der Waals surface area contributed by atoms with E-state index in [1.807, 2.05) is 24.0 Å². The second kappa shape index (κ2) is 7.15. The molecule has 1 aliphatic heterocycles. The minimum Gasteiger partial charge on any atom is -0.316 e. The van der Waals surface area contributed by atoms with Crippen LogP contribution >= 0.6 is 24.2 Å². The van der Waals surface area contributed by atoms with Crippen LogP contribution in [0.15, 0.2) is 23.4 Å². The van der Waals surface area contributed by atoms with E-state index in [-0.39, 0.29) is 12.4 Å². The number of pyridine rings is 1. The van der Waals surface area contributed by atoms with Gasteiger partial charge in [-0.15, -0.1) is 24.2 Å². The zero-order valence-electron chi connectivity index (χ0n) is 9.61. The van der Waals surface area contributed by atoms with E-state index >= 15 is 0 Å². The van der Waals surface area contributed by atoms with Crippen molar-refractivity contribution in [1.82, 2.24) is 10.3 Å². The Hall–Kier alpha value is -0.250. The second-order valence-corrected chi connectivity index (χ2v) is 5.24. The number of hydrogen-bond donors (Lipinski definition) is 1. The van der Waals surface area contributed by atoms with Gasteiger partial charge >= 0.3 is 0 Å². The smallest absolute Gasteiger partial charge is 0.0962 e. The van der Waals surface area contributed by atoms with Crippen molar-refractivity contribution in [3.05, 3.63) is 23.9 Å². The molecule has 1 aromatic rings. The van der Waals surface area contributed by atoms with Crippen LogP contribution in [0.25, 0.3) is 0 Å². The van der Waals surface area contributed by atoms with E-state index in [0.717, 1.165) is 5.92 Å². The summed E-state index contributed by atoms with van der Waals surface area (Å²) in [6.45, 7) is 4.50. The maximum atomic E-state index is 4.37. The van der Waals surface area contributed by atoms with Crippen molar-refractivity contribution < 1.29 is 0 Å². The molecule has 0 saturated carbocycles. The molecule has 0 radical (unpaired) electrons. The first-order valence-corrected chi connectivity index (χ1v) is 6.59. The minimum absolute atomic E-state index is 0. The van der Waals surface area contributed by atoms with Gasteiger partial charge in [-0.25, -0.2) is 4.98 Å². The van der Waals surface area contributed by atoms with Crippen LogP contribution in [0.4, 0.5) is 0 Å². The highest BCUT2D eigenvalue weighted by molar-refractivity contribution is 7.99. The predicted octanol–water partition coefficient (Wildman–Crippen LogP) is 2.90. The molecule has 2 heterocycles. The SMILES string of the molecule is Cc1ccnc(SCC2CCCNC2)c1.Cl. The molecule has 1 unspecified atom stereocenters. The third kappa shape index (κ3) is 4.32. The predicted molar refractivity (Wildman–Crippen MR) is 72.5 cm³/mol. The lowest BCUT2D eigenvalue weighted by atomic mass is 10.0. The highest BCUT2D eigenvalue weighted by Crippen LogP contribution is 2.22. The van der Waals surface area contributed by atoms with E-state index in [2.05, 4.69) is 23.3 Å². The van der Waals surface area contributed by atoms with Crippen molar-refractivity contribution >= 4 is 24.2 Å². The Kier molecular flexibility index (Phi) is 6.17. The molecular weight excluding hydrogens is 240 g/mol. The average Bonchev–Trinajstić information content (AvgIpc) is 2.28. The largest absolute Gasteiger partial charge is 0.316 e. The molecule has 16 heavy (non-hydrogen) atoms. The van der Waals surface area contributed by atoms with Crippen molar-refractivity contribution in [2.24, 2.45) is 5.92 Å². The fourth-order valence-electron chi connectivity index (χ4n) is 1.86. The summed E-state index contributed by atoms with van der Waals surface area (Å²) in [4.78, 5) is 4.37. The molecule has 0 aliphatic carbocycles. The Morgan fingerprint density at radius 3 is 3.12 bits per heavy atom. The summed E-state index contributed by atoms with van der Waals surface area (Å²) < 4.78 is 0. The molecular formula is C12H19ClN2S. The molecule has 2 rings (SSSR count). The highest BCUT2D eigenvalue weighted by atomic mass is 35.5. The molecule has 0 spiro atoms. The van der Waals surface area contributed by atoms with Crippen molar-refractivity contribution in [1.29, 1.82) is 0 Å². The molecule has 1 fully saturated rings. The molecule has 1 aromatic heterocycles. The summed E-state index contributed by atoms with van der Waals surface area (Å²) >= 11 is 1.89. The minimum atomic E-state index is 0. The Balaban J connectivity index is 0.00000128. The molecule has 0 bridgehead atoms. The molecule has 0 aromatic carbocycles. The third-order valence-electron chi connectivity index (χ3n) is 2.76. The van der Waals surface area contributed by atoms with E-state index in [1.54, 1.807) is 0 Å². The van der Waals surface area contributed by atoms with Crippen LogP contribution in [-0.4, -0.2) is 23.8 Å². The van der Waals surface area contributed by atoms with Crippen LogP contribution in [0.2, 0.25) is 0 Å². The first-order valence-electron chi connectivity index (χ1n) is 5.61. The molecule has 0 amide bonds. The monoisotopic (exact) mass is 258 g/mol. The zero-order valence-corrected chi connectivity index (χ0v) is 11.2. The van der Waals surface area contributed by atoms with Crippen molar-refractivity contribution in [3.8, 4) is 0 Å². The Bertz CT molecular complexity index is 314. The number of halogens is 1. The van der Waals surface area contributed by atoms with Gasteiger partial charge in [0.05, 0.1) is 5.03 Å². The van der Waals surface area contributed by atoms with Gasteiger partial charge in [-0.2, -0.15) is 0 Å². The van der Waals surface area contributed by atoms with Crippen LogP contribution in [-0.2, 0) is 0 Å². The van der Waals surface area contributed by atoms with Gasteiger partial charge in [0, 0.05) is 11.9 Å². The van der Waals surface area contributed by atoms with E-state index < -0.39 is 0 Å². The second-order valence-electron chi connectivity index (χ2n) is 4.19. The van der Waals surface area contributed by atoms with Gasteiger partial charge < -0.3 is 5.32 Å². The van der Waals surface area contributed by atoms with E-state index in [0.29, 0.717) is 0 Å². The molecule has 4 heteroatoms. The zero-order chi connectivity index (χ0) is 10.5. The average molecular weight is 259 g/mol. The van der Waals surface area contributed by atoms with Gasteiger partial charge in [-0.05, 0) is 56.5 Å². The van der Waals surface area contributed by atoms with E-state index in [9.17, 15) is 0 Å². The van der Waals surface area contributed by atoms with Crippen molar-refractivity contribution in [2.75, 3.05) is 18.8 Å². The van der Waals surface area contributed by atoms with E-state index in [4.69, 9.17) is 0 Å². The van der Waals surface area contributed by atoms with Crippen LogP contribution in [0.5, 0.6) is 0 Å². The van der Waals surface area contributed by atoms with Crippen molar-refractivity contribution in [2.45, 2.75) is 24.8 Å². The number of nitrogens with one attached hydrogen (secondary N) is 1. The summed E-state index contributed by atoms with van der Waals surface area (Å²) in [6.07, 6.45) is 4.59. The first kappa shape index (κ1) is 13.8.